The molecule has 0 aromatic carbocycles. The van der Waals surface area contributed by atoms with Crippen molar-refractivity contribution in [2.45, 2.75) is 19.8 Å². The van der Waals surface area contributed by atoms with E-state index in [1.165, 1.54) is 11.8 Å². The van der Waals surface area contributed by atoms with Crippen LogP contribution in [0, 0.1) is 0 Å². The SMILES string of the molecule is CC/C(S)=C1\CCSC1=O. The highest BCUT2D eigenvalue weighted by Crippen LogP contribution is 2.29. The smallest absolute Gasteiger partial charge is 0.216 e. The maximum absolute atomic E-state index is 11.0. The minimum absolute atomic E-state index is 0.229. The van der Waals surface area contributed by atoms with E-state index in [0.29, 0.717) is 0 Å². The molecule has 1 nitrogen and oxygen atoms in total. The van der Waals surface area contributed by atoms with E-state index in [2.05, 4.69) is 12.6 Å². The van der Waals surface area contributed by atoms with Crippen LogP contribution in [-0.4, -0.2) is 10.9 Å². The van der Waals surface area contributed by atoms with Crippen LogP contribution in [0.5, 0.6) is 0 Å². The Kier molecular flexibility index (Phi) is 2.86. The lowest BCUT2D eigenvalue weighted by atomic mass is 10.2. The molecule has 0 radical (unpaired) electrons. The number of thioether (sulfide) groups is 1. The van der Waals surface area contributed by atoms with Crippen molar-refractivity contribution in [1.29, 1.82) is 0 Å². The molecule has 56 valence electrons. The Labute approximate surface area is 70.7 Å². The lowest BCUT2D eigenvalue weighted by Gasteiger charge is -1.97. The second kappa shape index (κ2) is 3.49. The molecule has 0 unspecified atom stereocenters. The standard InChI is InChI=1S/C7H10OS2/c1-2-6(9)5-3-4-10-7(5)8/h9H,2-4H2,1H3/b6-5-. The number of thiol groups is 1. The summed E-state index contributed by atoms with van der Waals surface area (Å²) >= 11 is 5.63. The Morgan fingerprint density at radius 2 is 2.50 bits per heavy atom. The topological polar surface area (TPSA) is 17.1 Å². The van der Waals surface area contributed by atoms with Crippen LogP contribution in [-0.2, 0) is 4.79 Å². The molecule has 1 saturated heterocycles. The van der Waals surface area contributed by atoms with Crippen LogP contribution in [0.2, 0.25) is 0 Å². The molecule has 1 heterocycles. The van der Waals surface area contributed by atoms with Gasteiger partial charge in [-0.1, -0.05) is 18.7 Å². The maximum Gasteiger partial charge on any atom is 0.216 e. The molecule has 1 aliphatic heterocycles. The van der Waals surface area contributed by atoms with Gasteiger partial charge in [0.1, 0.15) is 0 Å². The Morgan fingerprint density at radius 3 is 2.90 bits per heavy atom. The van der Waals surface area contributed by atoms with Crippen LogP contribution in [0.4, 0.5) is 0 Å². The number of carbonyl (C=O) groups excluding carboxylic acids is 1. The zero-order chi connectivity index (χ0) is 7.56. The van der Waals surface area contributed by atoms with Gasteiger partial charge in [-0.25, -0.2) is 0 Å². The van der Waals surface area contributed by atoms with E-state index in [4.69, 9.17) is 0 Å². The van der Waals surface area contributed by atoms with E-state index >= 15 is 0 Å². The highest BCUT2D eigenvalue weighted by Gasteiger charge is 2.19. The summed E-state index contributed by atoms with van der Waals surface area (Å²) in [7, 11) is 0. The first kappa shape index (κ1) is 8.21. The van der Waals surface area contributed by atoms with Gasteiger partial charge in [0, 0.05) is 11.3 Å². The van der Waals surface area contributed by atoms with E-state index in [1.54, 1.807) is 0 Å². The number of allylic oxidation sites excluding steroid dienone is 1. The molecule has 0 bridgehead atoms. The zero-order valence-corrected chi connectivity index (χ0v) is 7.60. The molecular formula is C7H10OS2. The number of hydrogen-bond acceptors (Lipinski definition) is 3. The quantitative estimate of drug-likeness (QED) is 0.485. The van der Waals surface area contributed by atoms with Gasteiger partial charge in [0.2, 0.25) is 5.12 Å². The van der Waals surface area contributed by atoms with Crippen LogP contribution in [0.1, 0.15) is 19.8 Å². The van der Waals surface area contributed by atoms with Gasteiger partial charge in [-0.2, -0.15) is 0 Å². The van der Waals surface area contributed by atoms with Gasteiger partial charge < -0.3 is 0 Å². The molecule has 1 fully saturated rings. The zero-order valence-electron chi connectivity index (χ0n) is 5.89. The summed E-state index contributed by atoms with van der Waals surface area (Å²) in [5.41, 5.74) is 0.941. The van der Waals surface area contributed by atoms with Crippen LogP contribution in [0.3, 0.4) is 0 Å². The fourth-order valence-corrected chi connectivity index (χ4v) is 2.09. The lowest BCUT2D eigenvalue weighted by molar-refractivity contribution is -0.107. The summed E-state index contributed by atoms with van der Waals surface area (Å²) in [5, 5.41) is 0.229. The number of carbonyl (C=O) groups is 1. The highest BCUT2D eigenvalue weighted by molar-refractivity contribution is 8.14. The van der Waals surface area contributed by atoms with Gasteiger partial charge in [-0.3, -0.25) is 4.79 Å². The molecule has 0 aliphatic carbocycles. The minimum atomic E-state index is 0.229. The largest absolute Gasteiger partial charge is 0.282 e. The fourth-order valence-electron chi connectivity index (χ4n) is 0.910. The van der Waals surface area contributed by atoms with Crippen molar-refractivity contribution < 1.29 is 4.79 Å². The van der Waals surface area contributed by atoms with Crippen molar-refractivity contribution in [3.63, 3.8) is 0 Å². The highest BCUT2D eigenvalue weighted by atomic mass is 32.2. The summed E-state index contributed by atoms with van der Waals surface area (Å²) in [4.78, 5) is 12.0. The van der Waals surface area contributed by atoms with Crippen LogP contribution in [0.15, 0.2) is 10.5 Å². The molecule has 0 aromatic rings. The van der Waals surface area contributed by atoms with E-state index in [-0.39, 0.29) is 5.12 Å². The van der Waals surface area contributed by atoms with Gasteiger partial charge in [0.15, 0.2) is 0 Å². The molecule has 0 N–H and O–H groups in total. The fraction of sp³-hybridized carbons (Fsp3) is 0.571. The maximum atomic E-state index is 11.0. The van der Waals surface area contributed by atoms with Crippen LogP contribution in [0.25, 0.3) is 0 Å². The second-order valence-electron chi connectivity index (χ2n) is 2.16. The van der Waals surface area contributed by atoms with Gasteiger partial charge in [0.25, 0.3) is 0 Å². The average molecular weight is 174 g/mol. The summed E-state index contributed by atoms with van der Waals surface area (Å²) in [6.45, 7) is 2.02. The molecular weight excluding hydrogens is 164 g/mol. The van der Waals surface area contributed by atoms with Crippen LogP contribution < -0.4 is 0 Å². The molecule has 10 heavy (non-hydrogen) atoms. The van der Waals surface area contributed by atoms with Gasteiger partial charge in [0.05, 0.1) is 0 Å². The van der Waals surface area contributed by atoms with E-state index in [1.807, 2.05) is 6.92 Å². The van der Waals surface area contributed by atoms with E-state index in [9.17, 15) is 4.79 Å². The third-order valence-electron chi connectivity index (χ3n) is 1.51. The van der Waals surface area contributed by atoms with Crippen molar-refractivity contribution in [3.05, 3.63) is 10.5 Å². The Hall–Kier alpha value is 0.110. The molecule has 0 amide bonds. The monoisotopic (exact) mass is 174 g/mol. The summed E-state index contributed by atoms with van der Waals surface area (Å²) in [6.07, 6.45) is 1.79. The lowest BCUT2D eigenvalue weighted by Crippen LogP contribution is -1.90. The molecule has 0 aromatic heterocycles. The van der Waals surface area contributed by atoms with Crippen molar-refractivity contribution >= 4 is 29.5 Å². The van der Waals surface area contributed by atoms with E-state index in [0.717, 1.165) is 29.1 Å². The van der Waals surface area contributed by atoms with Gasteiger partial charge >= 0.3 is 0 Å². The first-order valence-corrected chi connectivity index (χ1v) is 4.77. The van der Waals surface area contributed by atoms with E-state index < -0.39 is 0 Å². The summed E-state index contributed by atoms with van der Waals surface area (Å²) in [6, 6.07) is 0. The summed E-state index contributed by atoms with van der Waals surface area (Å²) < 4.78 is 0. The third kappa shape index (κ3) is 1.58. The number of rotatable bonds is 1. The Morgan fingerprint density at radius 1 is 1.80 bits per heavy atom. The molecule has 1 rings (SSSR count). The summed E-state index contributed by atoms with van der Waals surface area (Å²) in [5.74, 6) is 0.943. The first-order chi connectivity index (χ1) is 4.75. The molecule has 1 aliphatic rings. The Balaban J connectivity index is 2.79. The Bertz CT molecular complexity index is 184. The molecule has 3 heteroatoms. The molecule has 0 saturated carbocycles. The second-order valence-corrected chi connectivity index (χ2v) is 3.77. The van der Waals surface area contributed by atoms with Crippen molar-refractivity contribution in [2.24, 2.45) is 0 Å². The average Bonchev–Trinajstić information content (AvgIpc) is 2.34. The van der Waals surface area contributed by atoms with Crippen LogP contribution >= 0.6 is 24.4 Å². The van der Waals surface area contributed by atoms with Crippen molar-refractivity contribution in [2.75, 3.05) is 5.75 Å². The molecule has 0 atom stereocenters. The normalized spacial score (nSPS) is 23.6. The molecule has 0 spiro atoms. The predicted molar refractivity (Wildman–Crippen MR) is 48.4 cm³/mol. The predicted octanol–water partition coefficient (Wildman–Crippen LogP) is 2.24. The van der Waals surface area contributed by atoms with Gasteiger partial charge in [-0.05, 0) is 17.7 Å². The third-order valence-corrected chi connectivity index (χ3v) is 3.02. The van der Waals surface area contributed by atoms with Crippen molar-refractivity contribution in [1.82, 2.24) is 0 Å². The number of hydrogen-bond donors (Lipinski definition) is 1. The van der Waals surface area contributed by atoms with Crippen molar-refractivity contribution in [3.8, 4) is 0 Å². The first-order valence-electron chi connectivity index (χ1n) is 3.33. The minimum Gasteiger partial charge on any atom is -0.282 e. The van der Waals surface area contributed by atoms with Gasteiger partial charge in [-0.15, -0.1) is 12.6 Å².